The van der Waals surface area contributed by atoms with Crippen LogP contribution in [0.3, 0.4) is 0 Å². The number of halogens is 3. The Balaban J connectivity index is 1.84. The number of aryl methyl sites for hydroxylation is 2. The van der Waals surface area contributed by atoms with Crippen LogP contribution in [0.25, 0.3) is 5.69 Å². The Morgan fingerprint density at radius 3 is 2.55 bits per heavy atom. The monoisotopic (exact) mass is 406 g/mol. The SMILES string of the molecule is CC(=NOCc1c(C)cccc1-n1nnn(C)c1=O)c1cccc(C(F)(F)F)n1. The van der Waals surface area contributed by atoms with Crippen molar-refractivity contribution in [2.45, 2.75) is 26.6 Å². The number of hydrogen-bond donors (Lipinski definition) is 0. The zero-order valence-corrected chi connectivity index (χ0v) is 15.8. The van der Waals surface area contributed by atoms with Crippen molar-refractivity contribution >= 4 is 5.71 Å². The Morgan fingerprint density at radius 2 is 1.90 bits per heavy atom. The zero-order valence-electron chi connectivity index (χ0n) is 15.8. The quantitative estimate of drug-likeness (QED) is 0.480. The third-order valence-electron chi connectivity index (χ3n) is 4.16. The number of aromatic nitrogens is 5. The molecule has 3 aromatic rings. The Kier molecular flexibility index (Phi) is 5.48. The molecule has 0 aliphatic carbocycles. The van der Waals surface area contributed by atoms with Crippen molar-refractivity contribution in [1.29, 1.82) is 0 Å². The molecule has 0 fully saturated rings. The fourth-order valence-electron chi connectivity index (χ4n) is 2.57. The molecular weight excluding hydrogens is 389 g/mol. The third-order valence-corrected chi connectivity index (χ3v) is 4.16. The van der Waals surface area contributed by atoms with Crippen LogP contribution in [-0.4, -0.2) is 30.5 Å². The summed E-state index contributed by atoms with van der Waals surface area (Å²) >= 11 is 0. The lowest BCUT2D eigenvalue weighted by Crippen LogP contribution is -2.23. The molecule has 0 amide bonds. The predicted octanol–water partition coefficient (Wildman–Crippen LogP) is 2.63. The summed E-state index contributed by atoms with van der Waals surface area (Å²) in [6.45, 7) is 3.30. The van der Waals surface area contributed by atoms with Gasteiger partial charge >= 0.3 is 11.9 Å². The highest BCUT2D eigenvalue weighted by Crippen LogP contribution is 2.27. The topological polar surface area (TPSA) is 87.2 Å². The highest BCUT2D eigenvalue weighted by Gasteiger charge is 2.32. The van der Waals surface area contributed by atoms with Gasteiger partial charge in [-0.25, -0.2) is 9.78 Å². The molecule has 0 spiro atoms. The number of nitrogens with zero attached hydrogens (tertiary/aromatic N) is 6. The van der Waals surface area contributed by atoms with Crippen LogP contribution in [0.4, 0.5) is 13.2 Å². The van der Waals surface area contributed by atoms with Crippen molar-refractivity contribution in [3.63, 3.8) is 0 Å². The molecule has 0 aliphatic heterocycles. The summed E-state index contributed by atoms with van der Waals surface area (Å²) in [5.41, 5.74) is 0.747. The number of rotatable bonds is 5. The molecule has 0 saturated carbocycles. The summed E-state index contributed by atoms with van der Waals surface area (Å²) in [6, 6.07) is 8.83. The van der Waals surface area contributed by atoms with Crippen molar-refractivity contribution in [1.82, 2.24) is 24.8 Å². The summed E-state index contributed by atoms with van der Waals surface area (Å²) < 4.78 is 40.7. The number of tetrazole rings is 1. The van der Waals surface area contributed by atoms with Gasteiger partial charge in [0.15, 0.2) is 0 Å². The van der Waals surface area contributed by atoms with Gasteiger partial charge in [0.2, 0.25) is 0 Å². The van der Waals surface area contributed by atoms with E-state index < -0.39 is 17.6 Å². The number of alkyl halides is 3. The molecule has 0 bridgehead atoms. The van der Waals surface area contributed by atoms with E-state index in [2.05, 4.69) is 20.6 Å². The maximum absolute atomic E-state index is 12.8. The number of benzene rings is 1. The largest absolute Gasteiger partial charge is 0.433 e. The van der Waals surface area contributed by atoms with Crippen molar-refractivity contribution in [3.05, 3.63) is 69.4 Å². The first-order chi connectivity index (χ1) is 13.7. The molecule has 0 unspecified atom stereocenters. The molecule has 3 rings (SSSR count). The van der Waals surface area contributed by atoms with E-state index in [1.165, 1.54) is 26.1 Å². The molecule has 1 aromatic carbocycles. The minimum Gasteiger partial charge on any atom is -0.391 e. The molecule has 29 heavy (non-hydrogen) atoms. The first-order valence-electron chi connectivity index (χ1n) is 8.47. The summed E-state index contributed by atoms with van der Waals surface area (Å²) in [7, 11) is 1.48. The summed E-state index contributed by atoms with van der Waals surface area (Å²) in [5, 5.41) is 11.4. The molecule has 0 N–H and O–H groups in total. The van der Waals surface area contributed by atoms with Gasteiger partial charge in [-0.3, -0.25) is 0 Å². The smallest absolute Gasteiger partial charge is 0.391 e. The highest BCUT2D eigenvalue weighted by molar-refractivity contribution is 5.96. The Morgan fingerprint density at radius 1 is 1.17 bits per heavy atom. The molecule has 2 aromatic heterocycles. The maximum atomic E-state index is 12.8. The molecule has 152 valence electrons. The van der Waals surface area contributed by atoms with E-state index in [4.69, 9.17) is 4.84 Å². The van der Waals surface area contributed by atoms with E-state index in [1.807, 2.05) is 13.0 Å². The van der Waals surface area contributed by atoms with Crippen LogP contribution < -0.4 is 5.69 Å². The summed E-state index contributed by atoms with van der Waals surface area (Å²) in [6.07, 6.45) is -4.54. The Labute approximate surface area is 163 Å². The molecule has 0 radical (unpaired) electrons. The molecular formula is C18H17F3N6O2. The minimum absolute atomic E-state index is 0.0265. The van der Waals surface area contributed by atoms with E-state index in [0.717, 1.165) is 21.0 Å². The van der Waals surface area contributed by atoms with Crippen LogP contribution in [0, 0.1) is 6.92 Å². The molecule has 11 heteroatoms. The summed E-state index contributed by atoms with van der Waals surface area (Å²) in [4.78, 5) is 21.1. The lowest BCUT2D eigenvalue weighted by molar-refractivity contribution is -0.141. The van der Waals surface area contributed by atoms with Crippen LogP contribution >= 0.6 is 0 Å². The highest BCUT2D eigenvalue weighted by atomic mass is 19.4. The fraction of sp³-hybridized carbons (Fsp3) is 0.278. The van der Waals surface area contributed by atoms with Crippen molar-refractivity contribution in [3.8, 4) is 5.69 Å². The van der Waals surface area contributed by atoms with Crippen LogP contribution in [0.1, 0.15) is 29.4 Å². The molecule has 2 heterocycles. The molecule has 0 saturated heterocycles. The lowest BCUT2D eigenvalue weighted by atomic mass is 10.1. The lowest BCUT2D eigenvalue weighted by Gasteiger charge is -2.11. The number of pyridine rings is 1. The van der Waals surface area contributed by atoms with E-state index in [-0.39, 0.29) is 18.0 Å². The second-order valence-corrected chi connectivity index (χ2v) is 6.23. The second-order valence-electron chi connectivity index (χ2n) is 6.23. The Hall–Kier alpha value is -3.50. The van der Waals surface area contributed by atoms with E-state index in [1.54, 1.807) is 12.1 Å². The van der Waals surface area contributed by atoms with Gasteiger partial charge in [-0.2, -0.15) is 22.5 Å². The van der Waals surface area contributed by atoms with Crippen molar-refractivity contribution in [2.24, 2.45) is 12.2 Å². The van der Waals surface area contributed by atoms with Gasteiger partial charge in [0.05, 0.1) is 11.4 Å². The number of oxime groups is 1. The minimum atomic E-state index is -4.54. The van der Waals surface area contributed by atoms with E-state index in [9.17, 15) is 18.0 Å². The first-order valence-corrected chi connectivity index (χ1v) is 8.47. The maximum Gasteiger partial charge on any atom is 0.433 e. The normalized spacial score (nSPS) is 12.3. The van der Waals surface area contributed by atoms with Crippen LogP contribution in [0.5, 0.6) is 0 Å². The Bertz CT molecular complexity index is 1120. The van der Waals surface area contributed by atoms with Crippen LogP contribution in [-0.2, 0) is 24.7 Å². The molecule has 0 aliphatic rings. The van der Waals surface area contributed by atoms with Crippen molar-refractivity contribution < 1.29 is 18.0 Å². The first kappa shape index (κ1) is 20.2. The van der Waals surface area contributed by atoms with E-state index >= 15 is 0 Å². The van der Waals surface area contributed by atoms with Gasteiger partial charge in [0.25, 0.3) is 0 Å². The standard InChI is InChI=1S/C18H17F3N6O2/c1-11-6-4-8-15(27-17(28)26(3)24-25-27)13(11)10-29-23-12(2)14-7-5-9-16(22-14)18(19,20)21/h4-9H,10H2,1-3H3. The molecule has 8 nitrogen and oxygen atoms in total. The van der Waals surface area contributed by atoms with Gasteiger partial charge in [-0.1, -0.05) is 23.4 Å². The average Bonchev–Trinajstić information content (AvgIpc) is 3.01. The predicted molar refractivity (Wildman–Crippen MR) is 97.6 cm³/mol. The molecule has 0 atom stereocenters. The van der Waals surface area contributed by atoms with Gasteiger partial charge in [-0.05, 0) is 48.0 Å². The van der Waals surface area contributed by atoms with Gasteiger partial charge in [0, 0.05) is 12.6 Å². The van der Waals surface area contributed by atoms with E-state index in [0.29, 0.717) is 11.3 Å². The van der Waals surface area contributed by atoms with Crippen LogP contribution in [0.15, 0.2) is 46.3 Å². The van der Waals surface area contributed by atoms with Gasteiger partial charge in [0.1, 0.15) is 18.0 Å². The van der Waals surface area contributed by atoms with Gasteiger partial charge in [-0.15, -0.1) is 0 Å². The zero-order chi connectivity index (χ0) is 21.2. The number of hydrogen-bond acceptors (Lipinski definition) is 6. The van der Waals surface area contributed by atoms with Crippen LogP contribution in [0.2, 0.25) is 0 Å². The van der Waals surface area contributed by atoms with Gasteiger partial charge < -0.3 is 4.84 Å². The third kappa shape index (κ3) is 4.33. The second kappa shape index (κ2) is 7.86. The summed E-state index contributed by atoms with van der Waals surface area (Å²) in [5.74, 6) is 0. The van der Waals surface area contributed by atoms with Crippen molar-refractivity contribution in [2.75, 3.05) is 0 Å². The average molecular weight is 406 g/mol. The fourth-order valence-corrected chi connectivity index (χ4v) is 2.57.